The molecule has 0 aliphatic heterocycles. The molecule has 0 aliphatic carbocycles. The average Bonchev–Trinajstić information content (AvgIpc) is 2.82. The van der Waals surface area contributed by atoms with Gasteiger partial charge in [-0.2, -0.15) is 0 Å². The lowest BCUT2D eigenvalue weighted by Crippen LogP contribution is -1.88. The molecule has 3 rings (SSSR count). The third kappa shape index (κ3) is 2.60. The van der Waals surface area contributed by atoms with E-state index in [0.29, 0.717) is 0 Å². The van der Waals surface area contributed by atoms with Gasteiger partial charge in [-0.3, -0.25) is 0 Å². The van der Waals surface area contributed by atoms with Gasteiger partial charge >= 0.3 is 0 Å². The summed E-state index contributed by atoms with van der Waals surface area (Å²) in [4.78, 5) is 0. The maximum absolute atomic E-state index is 5.87. The molecule has 0 fully saturated rings. The van der Waals surface area contributed by atoms with Crippen LogP contribution in [0.2, 0.25) is 0 Å². The molecule has 1 heterocycles. The van der Waals surface area contributed by atoms with E-state index in [4.69, 9.17) is 4.42 Å². The van der Waals surface area contributed by atoms with Gasteiger partial charge in [-0.15, -0.1) is 0 Å². The maximum atomic E-state index is 5.87. The lowest BCUT2D eigenvalue weighted by atomic mass is 10.0. The topological polar surface area (TPSA) is 13.1 Å². The Bertz CT molecular complexity index is 651. The van der Waals surface area contributed by atoms with Crippen molar-refractivity contribution in [2.45, 2.75) is 13.3 Å². The van der Waals surface area contributed by atoms with Crippen LogP contribution in [0.1, 0.15) is 17.1 Å². The molecule has 3 aromatic rings. The largest absolute Gasteiger partial charge is 0.465 e. The molecule has 0 bridgehead atoms. The smallest absolute Gasteiger partial charge is 0.116 e. The van der Waals surface area contributed by atoms with Crippen LogP contribution in [0.3, 0.4) is 0 Å². The van der Waals surface area contributed by atoms with Crippen molar-refractivity contribution in [3.63, 3.8) is 0 Å². The molecule has 0 amide bonds. The molecular formula is C18H16O. The lowest BCUT2D eigenvalue weighted by molar-refractivity contribution is 0.494. The second kappa shape index (κ2) is 5.15. The predicted molar refractivity (Wildman–Crippen MR) is 78.1 cm³/mol. The number of hydrogen-bond donors (Lipinski definition) is 0. The van der Waals surface area contributed by atoms with Crippen molar-refractivity contribution >= 4 is 0 Å². The van der Waals surface area contributed by atoms with Crippen LogP contribution in [-0.2, 0) is 6.42 Å². The van der Waals surface area contributed by atoms with E-state index in [1.54, 1.807) is 0 Å². The van der Waals surface area contributed by atoms with Crippen LogP contribution in [0, 0.1) is 6.92 Å². The van der Waals surface area contributed by atoms with Crippen LogP contribution in [-0.4, -0.2) is 0 Å². The van der Waals surface area contributed by atoms with Gasteiger partial charge in [0.15, 0.2) is 0 Å². The van der Waals surface area contributed by atoms with E-state index in [2.05, 4.69) is 54.6 Å². The number of aryl methyl sites for hydroxylation is 1. The fourth-order valence-electron chi connectivity index (χ4n) is 2.34. The third-order valence-corrected chi connectivity index (χ3v) is 3.22. The summed E-state index contributed by atoms with van der Waals surface area (Å²) in [7, 11) is 0. The minimum Gasteiger partial charge on any atom is -0.465 e. The molecule has 1 aromatic heterocycles. The molecule has 0 radical (unpaired) electrons. The average molecular weight is 248 g/mol. The van der Waals surface area contributed by atoms with E-state index >= 15 is 0 Å². The molecule has 19 heavy (non-hydrogen) atoms. The first kappa shape index (κ1) is 11.8. The molecule has 0 aliphatic rings. The Labute approximate surface area is 113 Å². The minimum atomic E-state index is 0.832. The summed E-state index contributed by atoms with van der Waals surface area (Å²) in [6, 6.07) is 22.9. The van der Waals surface area contributed by atoms with Crippen LogP contribution < -0.4 is 0 Å². The van der Waals surface area contributed by atoms with Crippen molar-refractivity contribution in [3.8, 4) is 11.1 Å². The van der Waals surface area contributed by atoms with Crippen LogP contribution in [0.15, 0.2) is 71.1 Å². The Balaban J connectivity index is 1.99. The van der Waals surface area contributed by atoms with E-state index in [0.717, 1.165) is 17.9 Å². The first-order valence-corrected chi connectivity index (χ1v) is 6.51. The Morgan fingerprint density at radius 1 is 0.842 bits per heavy atom. The van der Waals surface area contributed by atoms with E-state index in [1.807, 2.05) is 19.1 Å². The summed E-state index contributed by atoms with van der Waals surface area (Å²) in [6.07, 6.45) is 0.832. The molecule has 94 valence electrons. The Morgan fingerprint density at radius 3 is 2.16 bits per heavy atom. The Kier molecular flexibility index (Phi) is 3.20. The zero-order valence-electron chi connectivity index (χ0n) is 11.0. The van der Waals surface area contributed by atoms with Crippen molar-refractivity contribution in [1.29, 1.82) is 0 Å². The first-order valence-electron chi connectivity index (χ1n) is 6.51. The van der Waals surface area contributed by atoms with Crippen LogP contribution in [0.5, 0.6) is 0 Å². The van der Waals surface area contributed by atoms with Gasteiger partial charge in [-0.05, 0) is 24.1 Å². The predicted octanol–water partition coefficient (Wildman–Crippen LogP) is 4.85. The molecule has 1 heteroatoms. The monoisotopic (exact) mass is 248 g/mol. The van der Waals surface area contributed by atoms with Gasteiger partial charge in [0.1, 0.15) is 11.5 Å². The molecule has 0 saturated carbocycles. The van der Waals surface area contributed by atoms with Crippen LogP contribution >= 0.6 is 0 Å². The van der Waals surface area contributed by atoms with E-state index < -0.39 is 0 Å². The number of rotatable bonds is 3. The van der Waals surface area contributed by atoms with Gasteiger partial charge < -0.3 is 4.42 Å². The van der Waals surface area contributed by atoms with Crippen LogP contribution in [0.25, 0.3) is 11.1 Å². The molecule has 0 N–H and O–H groups in total. The van der Waals surface area contributed by atoms with Gasteiger partial charge in [-0.1, -0.05) is 60.7 Å². The second-order valence-electron chi connectivity index (χ2n) is 4.72. The number of furan rings is 1. The first-order chi connectivity index (χ1) is 9.33. The number of benzene rings is 2. The molecule has 0 unspecified atom stereocenters. The van der Waals surface area contributed by atoms with Gasteiger partial charge in [0.25, 0.3) is 0 Å². The SMILES string of the molecule is Cc1cc(-c2ccccc2)c(Cc2ccccc2)o1. The minimum absolute atomic E-state index is 0.832. The molecular weight excluding hydrogens is 232 g/mol. The van der Waals surface area contributed by atoms with Gasteiger partial charge in [0.05, 0.1) is 0 Å². The highest BCUT2D eigenvalue weighted by Gasteiger charge is 2.11. The summed E-state index contributed by atoms with van der Waals surface area (Å²) in [5.41, 5.74) is 3.68. The van der Waals surface area contributed by atoms with Crippen molar-refractivity contribution in [3.05, 3.63) is 83.8 Å². The van der Waals surface area contributed by atoms with Gasteiger partial charge in [-0.25, -0.2) is 0 Å². The van der Waals surface area contributed by atoms with Gasteiger partial charge in [0.2, 0.25) is 0 Å². The van der Waals surface area contributed by atoms with Crippen molar-refractivity contribution in [2.75, 3.05) is 0 Å². The summed E-state index contributed by atoms with van der Waals surface area (Å²) in [6.45, 7) is 2.00. The molecule has 0 saturated heterocycles. The van der Waals surface area contributed by atoms with E-state index in [9.17, 15) is 0 Å². The van der Waals surface area contributed by atoms with Crippen LogP contribution in [0.4, 0.5) is 0 Å². The fourth-order valence-corrected chi connectivity index (χ4v) is 2.34. The summed E-state index contributed by atoms with van der Waals surface area (Å²) in [5.74, 6) is 2.00. The van der Waals surface area contributed by atoms with Crippen molar-refractivity contribution < 1.29 is 4.42 Å². The second-order valence-corrected chi connectivity index (χ2v) is 4.72. The maximum Gasteiger partial charge on any atom is 0.116 e. The van der Waals surface area contributed by atoms with Crippen molar-refractivity contribution in [1.82, 2.24) is 0 Å². The highest BCUT2D eigenvalue weighted by molar-refractivity contribution is 5.66. The quantitative estimate of drug-likeness (QED) is 0.646. The lowest BCUT2D eigenvalue weighted by Gasteiger charge is -2.03. The van der Waals surface area contributed by atoms with Crippen molar-refractivity contribution in [2.24, 2.45) is 0 Å². The molecule has 0 spiro atoms. The zero-order valence-corrected chi connectivity index (χ0v) is 11.0. The normalized spacial score (nSPS) is 10.6. The third-order valence-electron chi connectivity index (χ3n) is 3.22. The summed E-state index contributed by atoms with van der Waals surface area (Å²) >= 11 is 0. The van der Waals surface area contributed by atoms with E-state index in [-0.39, 0.29) is 0 Å². The molecule has 0 atom stereocenters. The van der Waals surface area contributed by atoms with Gasteiger partial charge in [0, 0.05) is 12.0 Å². The Morgan fingerprint density at radius 2 is 1.47 bits per heavy atom. The zero-order chi connectivity index (χ0) is 13.1. The summed E-state index contributed by atoms with van der Waals surface area (Å²) < 4.78 is 5.87. The standard InChI is InChI=1S/C18H16O/c1-14-12-17(16-10-6-3-7-11-16)18(19-14)13-15-8-4-2-5-9-15/h2-12H,13H2,1H3. The molecule has 2 aromatic carbocycles. The van der Waals surface area contributed by atoms with E-state index in [1.165, 1.54) is 16.7 Å². The molecule has 1 nitrogen and oxygen atoms in total. The highest BCUT2D eigenvalue weighted by Crippen LogP contribution is 2.28. The highest BCUT2D eigenvalue weighted by atomic mass is 16.3. The fraction of sp³-hybridized carbons (Fsp3) is 0.111. The Hall–Kier alpha value is -2.28. The number of hydrogen-bond acceptors (Lipinski definition) is 1. The summed E-state index contributed by atoms with van der Waals surface area (Å²) in [5, 5.41) is 0.